The minimum Gasteiger partial charge on any atom is -0.354 e. The van der Waals surface area contributed by atoms with Crippen LogP contribution in [0.2, 0.25) is 0 Å². The molecule has 0 spiro atoms. The highest BCUT2D eigenvalue weighted by molar-refractivity contribution is 6.36. The number of nitrogens with one attached hydrogen (secondary N) is 2. The molecule has 0 bridgehead atoms. The fourth-order valence-corrected chi connectivity index (χ4v) is 8.02. The lowest BCUT2D eigenvalue weighted by atomic mass is 9.87. The Morgan fingerprint density at radius 3 is 1.39 bits per heavy atom. The number of benzene rings is 8. The highest BCUT2D eigenvalue weighted by atomic mass is 14.9. The zero-order chi connectivity index (χ0) is 41.0. The first-order valence-corrected chi connectivity index (χ1v) is 20.5. The Morgan fingerprint density at radius 2 is 0.836 bits per heavy atom. The molecule has 0 saturated carbocycles. The molecule has 2 heterocycles. The summed E-state index contributed by atoms with van der Waals surface area (Å²) in [5.74, 6) is 0.613. The van der Waals surface area contributed by atoms with Crippen molar-refractivity contribution < 1.29 is 0 Å². The van der Waals surface area contributed by atoms with Crippen LogP contribution < -0.4 is 5.32 Å². The first kappa shape index (κ1) is 37.1. The summed E-state index contributed by atoms with van der Waals surface area (Å²) in [5, 5.41) is 13.6. The summed E-state index contributed by atoms with van der Waals surface area (Å²) >= 11 is 0. The van der Waals surface area contributed by atoms with Gasteiger partial charge in [0.05, 0.1) is 22.8 Å². The summed E-state index contributed by atoms with van der Waals surface area (Å²) in [7, 11) is 0. The second-order valence-electron chi connectivity index (χ2n) is 15.1. The van der Waals surface area contributed by atoms with Gasteiger partial charge < -0.3 is 5.32 Å². The van der Waals surface area contributed by atoms with E-state index in [1.54, 1.807) is 0 Å². The Hall–Kier alpha value is -8.21. The van der Waals surface area contributed by atoms with E-state index in [1.807, 2.05) is 72.8 Å². The Kier molecular flexibility index (Phi) is 10.1. The number of hydrogen-bond donors (Lipinski definition) is 2. The van der Waals surface area contributed by atoms with Crippen LogP contribution >= 0.6 is 0 Å². The molecule has 0 saturated heterocycles. The van der Waals surface area contributed by atoms with Gasteiger partial charge in [0, 0.05) is 39.1 Å². The van der Waals surface area contributed by atoms with Gasteiger partial charge >= 0.3 is 0 Å². The van der Waals surface area contributed by atoms with E-state index in [9.17, 15) is 5.41 Å². The van der Waals surface area contributed by atoms with E-state index < -0.39 is 0 Å². The minimum atomic E-state index is 0.428. The molecule has 1 aromatic heterocycles. The van der Waals surface area contributed by atoms with Crippen molar-refractivity contribution in [2.75, 3.05) is 0 Å². The molecule has 1 aliphatic heterocycles. The van der Waals surface area contributed by atoms with Crippen LogP contribution in [0.15, 0.2) is 224 Å². The molecule has 8 aromatic carbocycles. The molecule has 4 heteroatoms. The maximum atomic E-state index is 9.75. The molecule has 0 aliphatic carbocycles. The molecule has 2 N–H and O–H groups in total. The molecule has 9 aromatic rings. The van der Waals surface area contributed by atoms with Crippen molar-refractivity contribution in [3.63, 3.8) is 0 Å². The van der Waals surface area contributed by atoms with Gasteiger partial charge in [0.15, 0.2) is 5.82 Å². The Balaban J connectivity index is 1.20. The highest BCUT2D eigenvalue weighted by Gasteiger charge is 2.25. The van der Waals surface area contributed by atoms with Crippen molar-refractivity contribution in [2.45, 2.75) is 0 Å². The third kappa shape index (κ3) is 7.74. The summed E-state index contributed by atoms with van der Waals surface area (Å²) in [6, 6.07) is 77.2. The second kappa shape index (κ2) is 16.6. The smallest absolute Gasteiger partial charge is 0.160 e. The van der Waals surface area contributed by atoms with Gasteiger partial charge in [-0.2, -0.15) is 0 Å². The summed E-state index contributed by atoms with van der Waals surface area (Å²) < 4.78 is 0. The molecule has 0 atom stereocenters. The van der Waals surface area contributed by atoms with Crippen LogP contribution in [0.5, 0.6) is 0 Å². The number of nitrogens with zero attached hydrogens (tertiary/aromatic N) is 2. The van der Waals surface area contributed by atoms with E-state index >= 15 is 0 Å². The van der Waals surface area contributed by atoms with Gasteiger partial charge in [0.1, 0.15) is 0 Å². The first-order chi connectivity index (χ1) is 30.1. The van der Waals surface area contributed by atoms with E-state index in [1.165, 1.54) is 0 Å². The van der Waals surface area contributed by atoms with Crippen LogP contribution in [0, 0.1) is 5.41 Å². The van der Waals surface area contributed by atoms with Gasteiger partial charge in [0.2, 0.25) is 0 Å². The predicted molar refractivity (Wildman–Crippen MR) is 253 cm³/mol. The predicted octanol–water partition coefficient (Wildman–Crippen LogP) is 13.8. The van der Waals surface area contributed by atoms with Crippen LogP contribution in [0.3, 0.4) is 0 Å². The number of allylic oxidation sites excluding steroid dienone is 1. The monoisotopic (exact) mass is 780 g/mol. The largest absolute Gasteiger partial charge is 0.354 e. The van der Waals surface area contributed by atoms with Gasteiger partial charge in [-0.3, -0.25) is 5.41 Å². The molecule has 1 aliphatic rings. The number of aromatic nitrogens is 2. The number of hydrogen-bond acceptors (Lipinski definition) is 4. The molecular weight excluding hydrogens is 741 g/mol. The maximum absolute atomic E-state index is 9.75. The third-order valence-electron chi connectivity index (χ3n) is 11.1. The van der Waals surface area contributed by atoms with E-state index in [-0.39, 0.29) is 0 Å². The second-order valence-corrected chi connectivity index (χ2v) is 15.1. The van der Waals surface area contributed by atoms with Crippen molar-refractivity contribution >= 4 is 28.8 Å². The molecule has 0 fully saturated rings. The van der Waals surface area contributed by atoms with Crippen LogP contribution in [-0.4, -0.2) is 15.7 Å². The number of fused-ring (bicyclic) bond motifs is 1. The van der Waals surface area contributed by atoms with Gasteiger partial charge in [-0.05, 0) is 75.4 Å². The van der Waals surface area contributed by atoms with E-state index in [4.69, 9.17) is 9.97 Å². The quantitative estimate of drug-likeness (QED) is 0.143. The zero-order valence-electron chi connectivity index (χ0n) is 33.3. The molecule has 0 amide bonds. The Morgan fingerprint density at radius 1 is 0.377 bits per heavy atom. The van der Waals surface area contributed by atoms with E-state index in [0.29, 0.717) is 11.5 Å². The SMILES string of the molecule is N=C(/C(=C1\NC(c2ccccc2)=Cc2ccc(-c3nc(-c4ccccc4)cc(-c4cc(-c5ccccc5)cc(-c5ccccc5)c4)n3)cc21)c1ccccc1)c1ccccc1. The third-order valence-corrected chi connectivity index (χ3v) is 11.1. The standard InChI is InChI=1S/C57H40N4/c58-55(44-29-17-6-18-30-44)54(43-27-15-5-16-28-43)56-50-36-46(32-31-45(50)37-51(59-56)41-23-11-3-12-24-41)57-60-52(42-25-13-4-14-26-42)38-53(61-57)49-34-47(39-19-7-1-8-20-39)33-48(35-49)40-21-9-2-10-22-40/h1-38,58-59H/b56-54-,58-55?. The Bertz CT molecular complexity index is 3010. The summed E-state index contributed by atoms with van der Waals surface area (Å²) in [5.41, 5.74) is 16.9. The van der Waals surface area contributed by atoms with Gasteiger partial charge in [-0.1, -0.05) is 194 Å². The summed E-state index contributed by atoms with van der Waals surface area (Å²) in [6.45, 7) is 0. The van der Waals surface area contributed by atoms with Crippen LogP contribution in [0.1, 0.15) is 27.8 Å². The highest BCUT2D eigenvalue weighted by Crippen LogP contribution is 2.39. The average Bonchev–Trinajstić information content (AvgIpc) is 3.35. The minimum absolute atomic E-state index is 0.428. The summed E-state index contributed by atoms with van der Waals surface area (Å²) in [6.07, 6.45) is 2.19. The lowest BCUT2D eigenvalue weighted by molar-refractivity contribution is 1.18. The van der Waals surface area contributed by atoms with Crippen molar-refractivity contribution in [1.29, 1.82) is 5.41 Å². The lowest BCUT2D eigenvalue weighted by Crippen LogP contribution is -2.20. The average molecular weight is 781 g/mol. The van der Waals surface area contributed by atoms with Crippen LogP contribution in [-0.2, 0) is 0 Å². The zero-order valence-corrected chi connectivity index (χ0v) is 33.3. The Labute approximate surface area is 356 Å². The molecule has 0 unspecified atom stereocenters. The van der Waals surface area contributed by atoms with Gasteiger partial charge in [-0.25, -0.2) is 9.97 Å². The fourth-order valence-electron chi connectivity index (χ4n) is 8.02. The van der Waals surface area contributed by atoms with Gasteiger partial charge in [-0.15, -0.1) is 0 Å². The van der Waals surface area contributed by atoms with Crippen LogP contribution in [0.4, 0.5) is 0 Å². The maximum Gasteiger partial charge on any atom is 0.160 e. The normalized spacial score (nSPS) is 12.8. The molecule has 0 radical (unpaired) electrons. The molecule has 61 heavy (non-hydrogen) atoms. The molecule has 288 valence electrons. The lowest BCUT2D eigenvalue weighted by Gasteiger charge is -2.26. The molecule has 10 rings (SSSR count). The van der Waals surface area contributed by atoms with Crippen molar-refractivity contribution in [3.8, 4) is 56.2 Å². The van der Waals surface area contributed by atoms with Crippen molar-refractivity contribution in [1.82, 2.24) is 15.3 Å². The first-order valence-electron chi connectivity index (χ1n) is 20.5. The van der Waals surface area contributed by atoms with E-state index in [0.717, 1.165) is 95.1 Å². The van der Waals surface area contributed by atoms with Crippen molar-refractivity contribution in [2.24, 2.45) is 0 Å². The summed E-state index contributed by atoms with van der Waals surface area (Å²) in [4.78, 5) is 10.7. The van der Waals surface area contributed by atoms with Crippen molar-refractivity contribution in [3.05, 3.63) is 252 Å². The topological polar surface area (TPSA) is 61.7 Å². The van der Waals surface area contributed by atoms with Crippen LogP contribution in [0.25, 0.3) is 79.2 Å². The van der Waals surface area contributed by atoms with Gasteiger partial charge in [0.25, 0.3) is 0 Å². The number of rotatable bonds is 9. The molecule has 4 nitrogen and oxygen atoms in total. The molecular formula is C57H40N4. The van der Waals surface area contributed by atoms with E-state index in [2.05, 4.69) is 163 Å². The fraction of sp³-hybridized carbons (Fsp3) is 0.